The van der Waals surface area contributed by atoms with Crippen molar-refractivity contribution in [3.05, 3.63) is 50.4 Å². The smallest absolute Gasteiger partial charge is 0.247 e. The van der Waals surface area contributed by atoms with Gasteiger partial charge in [0.1, 0.15) is 0 Å². The number of ether oxygens (including phenoxy) is 1. The predicted molar refractivity (Wildman–Crippen MR) is 99.8 cm³/mol. The first-order chi connectivity index (χ1) is 11.3. The Morgan fingerprint density at radius 2 is 2.00 bits per heavy atom. The summed E-state index contributed by atoms with van der Waals surface area (Å²) in [6.45, 7) is 7.66. The zero-order valence-electron chi connectivity index (χ0n) is 14.0. The van der Waals surface area contributed by atoms with Crippen LogP contribution in [0.2, 0.25) is 0 Å². The van der Waals surface area contributed by atoms with Crippen molar-refractivity contribution in [3.63, 3.8) is 0 Å². The molecule has 0 saturated carbocycles. The third-order valence-electron chi connectivity index (χ3n) is 4.18. The van der Waals surface area contributed by atoms with Gasteiger partial charge in [-0.05, 0) is 37.5 Å². The number of halogens is 1. The molecule has 2 aromatic rings. The minimum atomic E-state index is -0.814. The quantitative estimate of drug-likeness (QED) is 0.740. The van der Waals surface area contributed by atoms with Crippen LogP contribution in [0.3, 0.4) is 0 Å². The molecule has 4 nitrogen and oxygen atoms in total. The van der Waals surface area contributed by atoms with Crippen molar-refractivity contribution in [1.29, 1.82) is 0 Å². The number of carbonyl (C=O) groups excluding carboxylic acids is 1. The number of thiazole rings is 1. The van der Waals surface area contributed by atoms with Crippen molar-refractivity contribution in [1.82, 2.24) is 4.98 Å². The van der Waals surface area contributed by atoms with E-state index in [1.54, 1.807) is 6.92 Å². The summed E-state index contributed by atoms with van der Waals surface area (Å²) in [7, 11) is 0. The average Bonchev–Trinajstić information content (AvgIpc) is 3.13. The van der Waals surface area contributed by atoms with Crippen molar-refractivity contribution in [2.75, 3.05) is 0 Å². The molecule has 1 aliphatic rings. The number of aromatic nitrogens is 1. The zero-order chi connectivity index (χ0) is 17.5. The number of nitrogens with zero attached hydrogens (tertiary/aromatic N) is 2. The molecule has 24 heavy (non-hydrogen) atoms. The van der Waals surface area contributed by atoms with Gasteiger partial charge in [-0.25, -0.2) is 9.98 Å². The summed E-state index contributed by atoms with van der Waals surface area (Å²) in [5.74, 6) is 0.784. The van der Waals surface area contributed by atoms with Gasteiger partial charge in [-0.2, -0.15) is 0 Å². The van der Waals surface area contributed by atoms with Gasteiger partial charge >= 0.3 is 0 Å². The molecule has 0 spiro atoms. The molecule has 0 amide bonds. The number of benzene rings is 1. The maximum atomic E-state index is 12.2. The Bertz CT molecular complexity index is 798. The second-order valence-electron chi connectivity index (χ2n) is 6.40. The van der Waals surface area contributed by atoms with Gasteiger partial charge in [-0.1, -0.05) is 41.9 Å². The van der Waals surface area contributed by atoms with Crippen molar-refractivity contribution >= 4 is 38.9 Å². The Kier molecular flexibility index (Phi) is 4.62. The molecule has 0 saturated heterocycles. The van der Waals surface area contributed by atoms with Gasteiger partial charge in [-0.15, -0.1) is 11.3 Å². The van der Waals surface area contributed by atoms with E-state index in [1.807, 2.05) is 36.6 Å². The highest BCUT2D eigenvalue weighted by Crippen LogP contribution is 2.39. The van der Waals surface area contributed by atoms with Crippen LogP contribution in [0.25, 0.3) is 0 Å². The van der Waals surface area contributed by atoms with Crippen molar-refractivity contribution in [2.45, 2.75) is 45.3 Å². The predicted octanol–water partition coefficient (Wildman–Crippen LogP) is 4.68. The first kappa shape index (κ1) is 17.3. The summed E-state index contributed by atoms with van der Waals surface area (Å²) in [5, 5.41) is 2.75. The van der Waals surface area contributed by atoms with Crippen LogP contribution in [0.15, 0.2) is 39.1 Å². The zero-order valence-corrected chi connectivity index (χ0v) is 16.4. The minimum Gasteiger partial charge on any atom is -0.462 e. The van der Waals surface area contributed by atoms with E-state index in [0.717, 1.165) is 20.7 Å². The third kappa shape index (κ3) is 3.05. The fraction of sp³-hybridized carbons (Fsp3) is 0.389. The molecule has 1 aromatic carbocycles. The Balaban J connectivity index is 1.98. The normalized spacial score (nSPS) is 23.2. The van der Waals surface area contributed by atoms with E-state index in [9.17, 15) is 4.79 Å². The lowest BCUT2D eigenvalue weighted by atomic mass is 9.87. The molecule has 0 fully saturated rings. The molecule has 1 aromatic heterocycles. The molecule has 3 rings (SSSR count). The summed E-state index contributed by atoms with van der Waals surface area (Å²) in [6.07, 6.45) is 0. The number of hydrogen-bond acceptors (Lipinski definition) is 5. The van der Waals surface area contributed by atoms with E-state index in [2.05, 4.69) is 39.8 Å². The summed E-state index contributed by atoms with van der Waals surface area (Å²) in [6, 6.07) is 7.23. The Hall–Kier alpha value is -1.53. The third-order valence-corrected chi connectivity index (χ3v) is 5.55. The van der Waals surface area contributed by atoms with Gasteiger partial charge in [0.2, 0.25) is 5.90 Å². The highest BCUT2D eigenvalue weighted by molar-refractivity contribution is 9.10. The van der Waals surface area contributed by atoms with Gasteiger partial charge in [0.05, 0.1) is 5.69 Å². The number of ketones is 1. The highest BCUT2D eigenvalue weighted by atomic mass is 79.9. The molecule has 0 bridgehead atoms. The number of Topliss-reactive ketones (excluding diaryl/α,β-unsaturated/α-hetero) is 1. The Morgan fingerprint density at radius 3 is 2.54 bits per heavy atom. The van der Waals surface area contributed by atoms with Crippen molar-refractivity contribution < 1.29 is 9.53 Å². The average molecular weight is 407 g/mol. The molecule has 2 atom stereocenters. The molecule has 126 valence electrons. The minimum absolute atomic E-state index is 0.0175. The molecule has 1 aliphatic heterocycles. The molecule has 6 heteroatoms. The van der Waals surface area contributed by atoms with Crippen LogP contribution in [0, 0.1) is 0 Å². The molecule has 0 aliphatic carbocycles. The maximum Gasteiger partial charge on any atom is 0.247 e. The lowest BCUT2D eigenvalue weighted by Crippen LogP contribution is -2.38. The van der Waals surface area contributed by atoms with Gasteiger partial charge < -0.3 is 4.74 Å². The Morgan fingerprint density at radius 1 is 1.33 bits per heavy atom. The Labute approximate surface area is 154 Å². The summed E-state index contributed by atoms with van der Waals surface area (Å²) in [4.78, 5) is 21.3. The number of rotatable bonds is 4. The number of aliphatic imine (C=N–C) groups is 1. The van der Waals surface area contributed by atoms with E-state index in [4.69, 9.17) is 4.74 Å². The molecular formula is C18H19BrN2O2S. The first-order valence-corrected chi connectivity index (χ1v) is 9.47. The van der Waals surface area contributed by atoms with Crippen LogP contribution < -0.4 is 0 Å². The second kappa shape index (κ2) is 6.41. The summed E-state index contributed by atoms with van der Waals surface area (Å²) in [5.41, 5.74) is 1.12. The molecule has 0 N–H and O–H groups in total. The van der Waals surface area contributed by atoms with Crippen molar-refractivity contribution in [2.24, 2.45) is 4.99 Å². The van der Waals surface area contributed by atoms with Gasteiger partial charge in [0.15, 0.2) is 22.4 Å². The van der Waals surface area contributed by atoms with Crippen LogP contribution in [-0.4, -0.2) is 22.7 Å². The monoisotopic (exact) mass is 406 g/mol. The maximum absolute atomic E-state index is 12.2. The van der Waals surface area contributed by atoms with Gasteiger partial charge in [-0.3, -0.25) is 4.79 Å². The van der Waals surface area contributed by atoms with Crippen LogP contribution in [0.1, 0.15) is 49.9 Å². The lowest BCUT2D eigenvalue weighted by Gasteiger charge is -2.28. The summed E-state index contributed by atoms with van der Waals surface area (Å²) >= 11 is 4.94. The van der Waals surface area contributed by atoms with Gasteiger partial charge in [0.25, 0.3) is 0 Å². The van der Waals surface area contributed by atoms with Crippen LogP contribution >= 0.6 is 27.3 Å². The van der Waals surface area contributed by atoms with E-state index in [-0.39, 0.29) is 5.78 Å². The summed E-state index contributed by atoms with van der Waals surface area (Å²) < 4.78 is 7.17. The highest BCUT2D eigenvalue weighted by Gasteiger charge is 2.47. The van der Waals surface area contributed by atoms with Gasteiger partial charge in [0, 0.05) is 9.85 Å². The van der Waals surface area contributed by atoms with E-state index in [0.29, 0.717) is 11.8 Å². The van der Waals surface area contributed by atoms with E-state index < -0.39 is 11.6 Å². The fourth-order valence-corrected chi connectivity index (χ4v) is 3.92. The van der Waals surface area contributed by atoms with E-state index in [1.165, 1.54) is 11.3 Å². The fourth-order valence-electron chi connectivity index (χ4n) is 2.75. The molecule has 2 heterocycles. The van der Waals surface area contributed by atoms with Crippen LogP contribution in [0.5, 0.6) is 0 Å². The van der Waals surface area contributed by atoms with Crippen LogP contribution in [-0.2, 0) is 15.1 Å². The number of hydrogen-bond donors (Lipinski definition) is 0. The largest absolute Gasteiger partial charge is 0.462 e. The first-order valence-electron chi connectivity index (χ1n) is 7.80. The lowest BCUT2D eigenvalue weighted by molar-refractivity contribution is -0.121. The molecule has 2 unspecified atom stereocenters. The van der Waals surface area contributed by atoms with E-state index >= 15 is 0 Å². The molecular weight excluding hydrogens is 388 g/mol. The SMILES string of the molecule is CC(=O)C1N=C(c2nc(C(C)C)cs2)OC1(C)c1ccc(Br)cc1. The molecule has 0 radical (unpaired) electrons. The topological polar surface area (TPSA) is 51.5 Å². The standard InChI is InChI=1S/C18H19BrN2O2S/c1-10(2)14-9-24-17(20-14)16-21-15(11(3)22)18(4,23-16)12-5-7-13(19)8-6-12/h5-10,15H,1-4H3. The van der Waals surface area contributed by atoms with Crippen LogP contribution in [0.4, 0.5) is 0 Å². The van der Waals surface area contributed by atoms with Crippen molar-refractivity contribution in [3.8, 4) is 0 Å². The number of carbonyl (C=O) groups is 1. The second-order valence-corrected chi connectivity index (χ2v) is 8.17.